The first-order chi connectivity index (χ1) is 14.7. The number of hydrogen-bond acceptors (Lipinski definition) is 7. The molecule has 1 amide bonds. The van der Waals surface area contributed by atoms with Gasteiger partial charge in [-0.1, -0.05) is 11.3 Å². The van der Waals surface area contributed by atoms with Crippen molar-refractivity contribution in [3.05, 3.63) is 48.4 Å². The predicted molar refractivity (Wildman–Crippen MR) is 112 cm³/mol. The summed E-state index contributed by atoms with van der Waals surface area (Å²) in [6.07, 6.45) is 3.13. The maximum atomic E-state index is 12.8. The SMILES string of the molecule is COc1ccc2sc(OC3CCN(C(=O)c4cc(-c5ccco5)[nH]n4)CC3)nc2c1. The quantitative estimate of drug-likeness (QED) is 0.521. The number of H-pyrrole nitrogens is 1. The lowest BCUT2D eigenvalue weighted by Gasteiger charge is -2.31. The van der Waals surface area contributed by atoms with Crippen molar-refractivity contribution < 1.29 is 18.7 Å². The van der Waals surface area contributed by atoms with Crippen LogP contribution in [0.2, 0.25) is 0 Å². The molecule has 0 spiro atoms. The summed E-state index contributed by atoms with van der Waals surface area (Å²) < 4.78 is 17.7. The van der Waals surface area contributed by atoms with E-state index in [2.05, 4.69) is 15.2 Å². The van der Waals surface area contributed by atoms with E-state index in [1.165, 1.54) is 11.3 Å². The minimum absolute atomic E-state index is 0.0365. The molecular formula is C21H20N4O4S. The largest absolute Gasteiger partial charge is 0.497 e. The van der Waals surface area contributed by atoms with E-state index in [0.29, 0.717) is 35.4 Å². The van der Waals surface area contributed by atoms with Crippen molar-refractivity contribution in [2.45, 2.75) is 18.9 Å². The van der Waals surface area contributed by atoms with Crippen LogP contribution < -0.4 is 9.47 Å². The van der Waals surface area contributed by atoms with Crippen molar-refractivity contribution in [3.63, 3.8) is 0 Å². The normalized spacial score (nSPS) is 14.9. The number of ether oxygens (including phenoxy) is 2. The molecule has 1 saturated heterocycles. The maximum absolute atomic E-state index is 12.8. The molecule has 4 heterocycles. The highest BCUT2D eigenvalue weighted by Crippen LogP contribution is 2.32. The molecule has 1 aliphatic heterocycles. The smallest absolute Gasteiger partial charge is 0.274 e. The van der Waals surface area contributed by atoms with Crippen LogP contribution in [0.5, 0.6) is 10.9 Å². The number of furan rings is 1. The van der Waals surface area contributed by atoms with E-state index in [1.807, 2.05) is 29.2 Å². The van der Waals surface area contributed by atoms with Crippen LogP contribution in [0.3, 0.4) is 0 Å². The van der Waals surface area contributed by atoms with Crippen LogP contribution in [-0.2, 0) is 0 Å². The summed E-state index contributed by atoms with van der Waals surface area (Å²) in [6, 6.07) is 11.1. The van der Waals surface area contributed by atoms with Gasteiger partial charge in [0.15, 0.2) is 11.5 Å². The number of likely N-dealkylation sites (tertiary alicyclic amines) is 1. The van der Waals surface area contributed by atoms with Crippen molar-refractivity contribution in [3.8, 4) is 22.4 Å². The number of fused-ring (bicyclic) bond motifs is 1. The van der Waals surface area contributed by atoms with E-state index in [9.17, 15) is 4.79 Å². The molecule has 1 aliphatic rings. The molecule has 3 aromatic heterocycles. The molecule has 5 rings (SSSR count). The van der Waals surface area contributed by atoms with Gasteiger partial charge in [0.1, 0.15) is 17.5 Å². The van der Waals surface area contributed by atoms with Gasteiger partial charge in [-0.25, -0.2) is 4.98 Å². The molecular weight excluding hydrogens is 404 g/mol. The van der Waals surface area contributed by atoms with Crippen LogP contribution in [0.15, 0.2) is 47.1 Å². The summed E-state index contributed by atoms with van der Waals surface area (Å²) >= 11 is 1.52. The molecule has 30 heavy (non-hydrogen) atoms. The minimum Gasteiger partial charge on any atom is -0.497 e. The van der Waals surface area contributed by atoms with Crippen molar-refractivity contribution in [2.75, 3.05) is 20.2 Å². The summed E-state index contributed by atoms with van der Waals surface area (Å²) in [6.45, 7) is 1.23. The third-order valence-electron chi connectivity index (χ3n) is 5.16. The second-order valence-electron chi connectivity index (χ2n) is 7.07. The fourth-order valence-corrected chi connectivity index (χ4v) is 4.40. The van der Waals surface area contributed by atoms with E-state index in [-0.39, 0.29) is 12.0 Å². The zero-order chi connectivity index (χ0) is 20.5. The first-order valence-electron chi connectivity index (χ1n) is 9.69. The number of thiazole rings is 1. The Bertz CT molecular complexity index is 1160. The highest BCUT2D eigenvalue weighted by Gasteiger charge is 2.27. The Morgan fingerprint density at radius 3 is 2.90 bits per heavy atom. The molecule has 154 valence electrons. The zero-order valence-corrected chi connectivity index (χ0v) is 17.1. The number of aromatic nitrogens is 3. The average Bonchev–Trinajstić information content (AvgIpc) is 3.53. The predicted octanol–water partition coefficient (Wildman–Crippen LogP) is 3.97. The van der Waals surface area contributed by atoms with Gasteiger partial charge in [0, 0.05) is 38.1 Å². The Hall–Kier alpha value is -3.33. The molecule has 0 atom stereocenters. The zero-order valence-electron chi connectivity index (χ0n) is 16.3. The summed E-state index contributed by atoms with van der Waals surface area (Å²) in [7, 11) is 1.64. The van der Waals surface area contributed by atoms with Crippen LogP contribution in [0.25, 0.3) is 21.7 Å². The Balaban J connectivity index is 1.19. The van der Waals surface area contributed by atoms with Gasteiger partial charge < -0.3 is 18.8 Å². The number of hydrogen-bond donors (Lipinski definition) is 1. The molecule has 1 N–H and O–H groups in total. The van der Waals surface area contributed by atoms with E-state index < -0.39 is 0 Å². The van der Waals surface area contributed by atoms with Gasteiger partial charge in [0.05, 0.1) is 23.6 Å². The molecule has 0 bridgehead atoms. The van der Waals surface area contributed by atoms with Gasteiger partial charge in [0.25, 0.3) is 11.1 Å². The van der Waals surface area contributed by atoms with Gasteiger partial charge in [0.2, 0.25) is 0 Å². The molecule has 9 heteroatoms. The number of nitrogens with zero attached hydrogens (tertiary/aromatic N) is 3. The second kappa shape index (κ2) is 7.83. The molecule has 0 saturated carbocycles. The maximum Gasteiger partial charge on any atom is 0.274 e. The fraction of sp³-hybridized carbons (Fsp3) is 0.286. The summed E-state index contributed by atoms with van der Waals surface area (Å²) in [4.78, 5) is 19.1. The van der Waals surface area contributed by atoms with E-state index >= 15 is 0 Å². The topological polar surface area (TPSA) is 93.5 Å². The first-order valence-corrected chi connectivity index (χ1v) is 10.5. The van der Waals surface area contributed by atoms with E-state index in [1.54, 1.807) is 25.5 Å². The number of carbonyl (C=O) groups is 1. The van der Waals surface area contributed by atoms with E-state index in [0.717, 1.165) is 28.8 Å². The first kappa shape index (κ1) is 18.7. The van der Waals surface area contributed by atoms with Gasteiger partial charge >= 0.3 is 0 Å². The van der Waals surface area contributed by atoms with Crippen LogP contribution in [0, 0.1) is 0 Å². The van der Waals surface area contributed by atoms with Crippen LogP contribution >= 0.6 is 11.3 Å². The van der Waals surface area contributed by atoms with Crippen molar-refractivity contribution >= 4 is 27.5 Å². The summed E-state index contributed by atoms with van der Waals surface area (Å²) in [5, 5.41) is 7.66. The average molecular weight is 424 g/mol. The van der Waals surface area contributed by atoms with Crippen LogP contribution in [0.4, 0.5) is 0 Å². The highest BCUT2D eigenvalue weighted by atomic mass is 32.1. The molecule has 0 unspecified atom stereocenters. The van der Waals surface area contributed by atoms with Gasteiger partial charge in [-0.15, -0.1) is 0 Å². The number of nitrogens with one attached hydrogen (secondary N) is 1. The molecule has 8 nitrogen and oxygen atoms in total. The fourth-order valence-electron chi connectivity index (χ4n) is 3.53. The molecule has 4 aromatic rings. The molecule has 1 aromatic carbocycles. The number of benzene rings is 1. The molecule has 0 radical (unpaired) electrons. The van der Waals surface area contributed by atoms with Crippen molar-refractivity contribution in [1.29, 1.82) is 0 Å². The Morgan fingerprint density at radius 1 is 1.27 bits per heavy atom. The Kier molecular flexibility index (Phi) is 4.88. The van der Waals surface area contributed by atoms with Gasteiger partial charge in [-0.05, 0) is 24.3 Å². The van der Waals surface area contributed by atoms with Crippen molar-refractivity contribution in [1.82, 2.24) is 20.1 Å². The third kappa shape index (κ3) is 3.63. The Labute approximate surface area is 176 Å². The third-order valence-corrected chi connectivity index (χ3v) is 6.08. The molecule has 0 aliphatic carbocycles. The lowest BCUT2D eigenvalue weighted by atomic mass is 10.1. The lowest BCUT2D eigenvalue weighted by molar-refractivity contribution is 0.0590. The van der Waals surface area contributed by atoms with Crippen LogP contribution in [-0.4, -0.2) is 52.3 Å². The van der Waals surface area contributed by atoms with E-state index in [4.69, 9.17) is 13.9 Å². The standard InChI is InChI=1S/C21H20N4O4S/c1-27-14-4-5-19-16(11-14)22-21(30-19)29-13-6-8-25(9-7-13)20(26)17-12-15(23-24-17)18-3-2-10-28-18/h2-5,10-13H,6-9H2,1H3,(H,23,24). The number of aromatic amines is 1. The highest BCUT2D eigenvalue weighted by molar-refractivity contribution is 7.20. The second-order valence-corrected chi connectivity index (χ2v) is 8.06. The van der Waals surface area contributed by atoms with Gasteiger partial charge in [-0.3, -0.25) is 9.89 Å². The number of amides is 1. The number of carbonyl (C=O) groups excluding carboxylic acids is 1. The summed E-state index contributed by atoms with van der Waals surface area (Å²) in [5.41, 5.74) is 1.95. The Morgan fingerprint density at radius 2 is 2.13 bits per heavy atom. The van der Waals surface area contributed by atoms with Crippen LogP contribution in [0.1, 0.15) is 23.3 Å². The van der Waals surface area contributed by atoms with Gasteiger partial charge in [-0.2, -0.15) is 5.10 Å². The number of methoxy groups -OCH3 is 1. The number of piperidine rings is 1. The lowest BCUT2D eigenvalue weighted by Crippen LogP contribution is -2.41. The molecule has 1 fully saturated rings. The monoisotopic (exact) mass is 424 g/mol. The number of rotatable bonds is 5. The minimum atomic E-state index is -0.0883. The summed E-state index contributed by atoms with van der Waals surface area (Å²) in [5.74, 6) is 1.34. The van der Waals surface area contributed by atoms with Crippen molar-refractivity contribution in [2.24, 2.45) is 0 Å².